The highest BCUT2D eigenvalue weighted by molar-refractivity contribution is 7.93. The monoisotopic (exact) mass is 450 g/mol. The fourth-order valence-corrected chi connectivity index (χ4v) is 4.01. The number of anilines is 1. The summed E-state index contributed by atoms with van der Waals surface area (Å²) in [5.74, 6) is 0. The lowest BCUT2D eigenvalue weighted by Crippen LogP contribution is -2.53. The lowest BCUT2D eigenvalue weighted by molar-refractivity contribution is -0.376. The predicted molar refractivity (Wildman–Crippen MR) is 95.0 cm³/mol. The van der Waals surface area contributed by atoms with Gasteiger partial charge in [-0.1, -0.05) is 30.3 Å². The number of para-hydroxylation sites is 1. The van der Waals surface area contributed by atoms with E-state index in [-0.39, 0.29) is 16.1 Å². The number of aromatic nitrogens is 1. The third-order valence-corrected chi connectivity index (χ3v) is 5.67. The molecule has 0 fully saturated rings. The number of benzene rings is 2. The summed E-state index contributed by atoms with van der Waals surface area (Å²) in [6, 6.07) is 9.60. The van der Waals surface area contributed by atoms with Crippen LogP contribution in [0.15, 0.2) is 65.7 Å². The van der Waals surface area contributed by atoms with Gasteiger partial charge in [-0.05, 0) is 24.3 Å². The number of halogens is 6. The zero-order valence-electron chi connectivity index (χ0n) is 14.7. The van der Waals surface area contributed by atoms with Crippen LogP contribution < -0.4 is 4.72 Å². The molecule has 30 heavy (non-hydrogen) atoms. The summed E-state index contributed by atoms with van der Waals surface area (Å²) in [7, 11) is -4.26. The van der Waals surface area contributed by atoms with Gasteiger partial charge in [0.05, 0.1) is 5.52 Å². The Bertz CT molecular complexity index is 1160. The molecule has 0 aliphatic carbocycles. The van der Waals surface area contributed by atoms with Gasteiger partial charge in [-0.25, -0.2) is 8.42 Å². The van der Waals surface area contributed by atoms with Gasteiger partial charge in [0.2, 0.25) is 0 Å². The van der Waals surface area contributed by atoms with Crippen LogP contribution in [0.5, 0.6) is 0 Å². The van der Waals surface area contributed by atoms with Crippen molar-refractivity contribution in [1.82, 2.24) is 4.98 Å². The molecule has 2 N–H and O–H groups in total. The van der Waals surface area contributed by atoms with Crippen LogP contribution in [0.4, 0.5) is 32.0 Å². The number of alkyl halides is 6. The number of nitrogens with one attached hydrogen (secondary N) is 1. The largest absolute Gasteiger partial charge is 0.430 e. The van der Waals surface area contributed by atoms with Crippen LogP contribution >= 0.6 is 0 Å². The van der Waals surface area contributed by atoms with Crippen molar-refractivity contribution in [3.63, 3.8) is 0 Å². The molecule has 2 aromatic carbocycles. The predicted octanol–water partition coefficient (Wildman–Crippen LogP) is 4.35. The Balaban J connectivity index is 1.97. The van der Waals surface area contributed by atoms with E-state index in [1.54, 1.807) is 18.2 Å². The number of nitrogens with zero attached hydrogens (tertiary/aromatic N) is 1. The highest BCUT2D eigenvalue weighted by Crippen LogP contribution is 2.50. The third-order valence-electron chi connectivity index (χ3n) is 4.26. The van der Waals surface area contributed by atoms with E-state index >= 15 is 0 Å². The van der Waals surface area contributed by atoms with Gasteiger partial charge in [0.15, 0.2) is 0 Å². The standard InChI is InChI=1S/C18H12F6N2O3S/c19-17(20,21)16(27,18(22,23)24)12-6-8-13(9-7-12)26-30(28,29)14-5-1-3-11-4-2-10-25-15(11)14/h1-10,26-27H. The summed E-state index contributed by atoms with van der Waals surface area (Å²) < 4.78 is 105. The average Bonchev–Trinajstić information content (AvgIpc) is 2.65. The van der Waals surface area contributed by atoms with E-state index in [0.717, 1.165) is 0 Å². The maximum absolute atomic E-state index is 12.9. The zero-order valence-corrected chi connectivity index (χ0v) is 15.5. The third kappa shape index (κ3) is 3.67. The van der Waals surface area contributed by atoms with Gasteiger partial charge in [-0.15, -0.1) is 0 Å². The maximum Gasteiger partial charge on any atom is 0.430 e. The topological polar surface area (TPSA) is 79.3 Å². The van der Waals surface area contributed by atoms with Crippen molar-refractivity contribution >= 4 is 26.6 Å². The zero-order chi connectivity index (χ0) is 22.4. The first-order valence-electron chi connectivity index (χ1n) is 8.10. The molecule has 0 atom stereocenters. The highest BCUT2D eigenvalue weighted by Gasteiger charge is 2.71. The maximum atomic E-state index is 12.9. The lowest BCUT2D eigenvalue weighted by Gasteiger charge is -2.32. The molecule has 12 heteroatoms. The van der Waals surface area contributed by atoms with Crippen molar-refractivity contribution in [2.45, 2.75) is 22.8 Å². The molecular weight excluding hydrogens is 438 g/mol. The minimum Gasteiger partial charge on any atom is -0.369 e. The Morgan fingerprint density at radius 1 is 0.833 bits per heavy atom. The number of rotatable bonds is 4. The quantitative estimate of drug-likeness (QED) is 0.580. The van der Waals surface area contributed by atoms with E-state index in [4.69, 9.17) is 0 Å². The Hall–Kier alpha value is -2.86. The molecule has 0 amide bonds. The molecule has 0 saturated carbocycles. The van der Waals surface area contributed by atoms with Crippen LogP contribution in [0.25, 0.3) is 10.9 Å². The first-order valence-corrected chi connectivity index (χ1v) is 9.58. The van der Waals surface area contributed by atoms with Crippen LogP contribution in [0.1, 0.15) is 5.56 Å². The number of hydrogen-bond donors (Lipinski definition) is 2. The van der Waals surface area contributed by atoms with Gasteiger partial charge in [-0.2, -0.15) is 26.3 Å². The average molecular weight is 450 g/mol. The summed E-state index contributed by atoms with van der Waals surface area (Å²) in [4.78, 5) is 3.76. The Labute approximate surface area is 166 Å². The number of hydrogen-bond acceptors (Lipinski definition) is 4. The molecule has 0 radical (unpaired) electrons. The molecule has 0 bridgehead atoms. The summed E-state index contributed by atoms with van der Waals surface area (Å²) >= 11 is 0. The van der Waals surface area contributed by atoms with Crippen LogP contribution in [0.3, 0.4) is 0 Å². The number of sulfonamides is 1. The van der Waals surface area contributed by atoms with Gasteiger partial charge in [-0.3, -0.25) is 9.71 Å². The molecule has 0 saturated heterocycles. The van der Waals surface area contributed by atoms with E-state index in [2.05, 4.69) is 9.71 Å². The van der Waals surface area contributed by atoms with Crippen molar-refractivity contribution in [2.24, 2.45) is 0 Å². The summed E-state index contributed by atoms with van der Waals surface area (Å²) in [6.45, 7) is 0. The van der Waals surface area contributed by atoms with Crippen LogP contribution in [0.2, 0.25) is 0 Å². The molecule has 3 aromatic rings. The van der Waals surface area contributed by atoms with Crippen LogP contribution in [0, 0.1) is 0 Å². The molecule has 3 rings (SSSR count). The van der Waals surface area contributed by atoms with Crippen molar-refractivity contribution in [3.05, 3.63) is 66.4 Å². The normalized spacial score (nSPS) is 13.4. The first-order chi connectivity index (χ1) is 13.8. The van der Waals surface area contributed by atoms with Crippen molar-refractivity contribution < 1.29 is 39.9 Å². The van der Waals surface area contributed by atoms with Crippen molar-refractivity contribution in [1.29, 1.82) is 0 Å². The second-order valence-electron chi connectivity index (χ2n) is 6.22. The van der Waals surface area contributed by atoms with Gasteiger partial charge < -0.3 is 5.11 Å². The molecule has 0 aliphatic heterocycles. The molecule has 0 unspecified atom stereocenters. The van der Waals surface area contributed by atoms with E-state index in [0.29, 0.717) is 29.7 Å². The van der Waals surface area contributed by atoms with E-state index < -0.39 is 33.5 Å². The van der Waals surface area contributed by atoms with Gasteiger partial charge in [0, 0.05) is 22.8 Å². The number of aliphatic hydroxyl groups is 1. The molecule has 1 aromatic heterocycles. The van der Waals surface area contributed by atoms with Crippen molar-refractivity contribution in [3.8, 4) is 0 Å². The van der Waals surface area contributed by atoms with E-state index in [1.807, 2.05) is 0 Å². The van der Waals surface area contributed by atoms with Crippen molar-refractivity contribution in [2.75, 3.05) is 4.72 Å². The van der Waals surface area contributed by atoms with Crippen LogP contribution in [-0.4, -0.2) is 30.9 Å². The van der Waals surface area contributed by atoms with Crippen LogP contribution in [-0.2, 0) is 15.6 Å². The Morgan fingerprint density at radius 2 is 1.40 bits per heavy atom. The van der Waals surface area contributed by atoms with Gasteiger partial charge >= 0.3 is 12.4 Å². The molecule has 1 heterocycles. The molecule has 5 nitrogen and oxygen atoms in total. The minimum absolute atomic E-state index is 0.132. The van der Waals surface area contributed by atoms with E-state index in [9.17, 15) is 39.9 Å². The Morgan fingerprint density at radius 3 is 1.97 bits per heavy atom. The smallest absolute Gasteiger partial charge is 0.369 e. The van der Waals surface area contributed by atoms with Gasteiger partial charge in [0.1, 0.15) is 4.90 Å². The fourth-order valence-electron chi connectivity index (χ4n) is 2.77. The number of fused-ring (bicyclic) bond motifs is 1. The summed E-state index contributed by atoms with van der Waals surface area (Å²) in [6.07, 6.45) is -10.7. The number of pyridine rings is 1. The fraction of sp³-hybridized carbons (Fsp3) is 0.167. The summed E-state index contributed by atoms with van der Waals surface area (Å²) in [5, 5.41) is 9.89. The summed E-state index contributed by atoms with van der Waals surface area (Å²) in [5.41, 5.74) is -6.78. The molecule has 160 valence electrons. The minimum atomic E-state index is -6.04. The Kier molecular flexibility index (Phi) is 5.19. The lowest BCUT2D eigenvalue weighted by atomic mass is 9.92. The second-order valence-corrected chi connectivity index (χ2v) is 7.87. The highest BCUT2D eigenvalue weighted by atomic mass is 32.2. The molecule has 0 spiro atoms. The first kappa shape index (κ1) is 21.8. The van der Waals surface area contributed by atoms with Gasteiger partial charge in [0.25, 0.3) is 15.6 Å². The second kappa shape index (κ2) is 7.13. The van der Waals surface area contributed by atoms with E-state index in [1.165, 1.54) is 18.3 Å². The molecular formula is C18H12F6N2O3S. The SMILES string of the molecule is O=S(=O)(Nc1ccc(C(O)(C(F)(F)F)C(F)(F)F)cc1)c1cccc2cccnc12. The molecule has 0 aliphatic rings.